The van der Waals surface area contributed by atoms with Crippen LogP contribution in [-0.4, -0.2) is 24.0 Å². The first-order valence-electron chi connectivity index (χ1n) is 5.49. The van der Waals surface area contributed by atoms with Crippen molar-refractivity contribution in [2.75, 3.05) is 13.1 Å². The minimum Gasteiger partial charge on any atom is -0.354 e. The lowest BCUT2D eigenvalue weighted by molar-refractivity contribution is -0.120. The highest BCUT2D eigenvalue weighted by atomic mass is 16.1. The minimum atomic E-state index is -0.103. The molecule has 2 N–H and O–H groups in total. The number of pyridine rings is 1. The molecule has 0 spiro atoms. The molecule has 0 fully saturated rings. The molecule has 0 saturated carbocycles. The molecule has 0 aliphatic rings. The number of amides is 1. The van der Waals surface area contributed by atoms with Gasteiger partial charge in [0.1, 0.15) is 0 Å². The first-order valence-corrected chi connectivity index (χ1v) is 5.49. The number of carbonyl (C=O) groups excluding carboxylic acids is 1. The van der Waals surface area contributed by atoms with Crippen LogP contribution in [0.5, 0.6) is 0 Å². The van der Waals surface area contributed by atoms with Crippen molar-refractivity contribution in [1.82, 2.24) is 15.6 Å². The van der Waals surface area contributed by atoms with Crippen molar-refractivity contribution < 1.29 is 4.79 Å². The molecule has 0 aromatic carbocycles. The van der Waals surface area contributed by atoms with E-state index in [0.29, 0.717) is 19.5 Å². The van der Waals surface area contributed by atoms with Crippen LogP contribution in [0.3, 0.4) is 0 Å². The molecule has 0 atom stereocenters. The van der Waals surface area contributed by atoms with Gasteiger partial charge in [0, 0.05) is 19.3 Å². The monoisotopic (exact) mass is 232 g/mol. The number of aryl methyl sites for hydroxylation is 1. The van der Waals surface area contributed by atoms with Gasteiger partial charge in [0.05, 0.1) is 24.7 Å². The van der Waals surface area contributed by atoms with Crippen molar-refractivity contribution in [3.8, 4) is 6.07 Å². The van der Waals surface area contributed by atoms with Crippen molar-refractivity contribution >= 4 is 5.91 Å². The number of nitrogens with one attached hydrogen (secondary N) is 2. The fourth-order valence-corrected chi connectivity index (χ4v) is 1.32. The zero-order valence-corrected chi connectivity index (χ0v) is 9.86. The fraction of sp³-hybridized carbons (Fsp3) is 0.417. The summed E-state index contributed by atoms with van der Waals surface area (Å²) in [4.78, 5) is 15.5. The molecule has 0 bridgehead atoms. The van der Waals surface area contributed by atoms with Crippen LogP contribution < -0.4 is 10.6 Å². The Morgan fingerprint density at radius 2 is 2.41 bits per heavy atom. The van der Waals surface area contributed by atoms with Gasteiger partial charge in [-0.05, 0) is 18.6 Å². The Bertz CT molecular complexity index is 411. The Labute approximate surface area is 101 Å². The van der Waals surface area contributed by atoms with E-state index in [4.69, 9.17) is 5.26 Å². The number of rotatable bonds is 6. The molecule has 1 aromatic heterocycles. The molecule has 0 unspecified atom stereocenters. The summed E-state index contributed by atoms with van der Waals surface area (Å²) >= 11 is 0. The van der Waals surface area contributed by atoms with Gasteiger partial charge in [0.25, 0.3) is 0 Å². The maximum Gasteiger partial charge on any atom is 0.234 e. The highest BCUT2D eigenvalue weighted by Gasteiger charge is 2.01. The molecule has 90 valence electrons. The van der Waals surface area contributed by atoms with Crippen molar-refractivity contribution in [1.29, 1.82) is 5.26 Å². The van der Waals surface area contributed by atoms with Gasteiger partial charge in [-0.1, -0.05) is 6.07 Å². The third-order valence-corrected chi connectivity index (χ3v) is 2.25. The van der Waals surface area contributed by atoms with Crippen LogP contribution >= 0.6 is 0 Å². The van der Waals surface area contributed by atoms with E-state index in [-0.39, 0.29) is 12.5 Å². The van der Waals surface area contributed by atoms with Gasteiger partial charge in [-0.15, -0.1) is 0 Å². The molecule has 5 heteroatoms. The maximum atomic E-state index is 11.3. The molecule has 1 heterocycles. The third-order valence-electron chi connectivity index (χ3n) is 2.25. The molecular weight excluding hydrogens is 216 g/mol. The molecule has 1 amide bonds. The lowest BCUT2D eigenvalue weighted by Gasteiger charge is -2.06. The predicted molar refractivity (Wildman–Crippen MR) is 63.9 cm³/mol. The van der Waals surface area contributed by atoms with Gasteiger partial charge in [0.15, 0.2) is 0 Å². The van der Waals surface area contributed by atoms with Gasteiger partial charge in [-0.25, -0.2) is 0 Å². The SMILES string of the molecule is Cc1cccnc1CNCC(=O)NCCC#N. The highest BCUT2D eigenvalue weighted by Crippen LogP contribution is 2.01. The standard InChI is InChI=1S/C12H16N4O/c1-10-4-2-6-15-11(10)8-14-9-12(17)16-7-3-5-13/h2,4,6,14H,3,7-9H2,1H3,(H,16,17). The predicted octanol–water partition coefficient (Wildman–Crippen LogP) is 0.509. The topological polar surface area (TPSA) is 77.8 Å². The Hall–Kier alpha value is -1.93. The summed E-state index contributed by atoms with van der Waals surface area (Å²) in [7, 11) is 0. The largest absolute Gasteiger partial charge is 0.354 e. The smallest absolute Gasteiger partial charge is 0.234 e. The molecule has 0 saturated heterocycles. The Morgan fingerprint density at radius 3 is 3.12 bits per heavy atom. The average molecular weight is 232 g/mol. The van der Waals surface area contributed by atoms with E-state index in [9.17, 15) is 4.79 Å². The summed E-state index contributed by atoms with van der Waals surface area (Å²) in [6.07, 6.45) is 2.07. The van der Waals surface area contributed by atoms with Crippen LogP contribution in [0.15, 0.2) is 18.3 Å². The molecular formula is C12H16N4O. The average Bonchev–Trinajstić information content (AvgIpc) is 2.32. The number of carbonyl (C=O) groups is 1. The van der Waals surface area contributed by atoms with Crippen molar-refractivity contribution in [3.05, 3.63) is 29.6 Å². The first-order chi connectivity index (χ1) is 8.24. The summed E-state index contributed by atoms with van der Waals surface area (Å²) in [5.41, 5.74) is 2.04. The Morgan fingerprint density at radius 1 is 1.59 bits per heavy atom. The van der Waals surface area contributed by atoms with Gasteiger partial charge in [-0.3, -0.25) is 9.78 Å². The van der Waals surface area contributed by atoms with Crippen molar-refractivity contribution in [3.63, 3.8) is 0 Å². The van der Waals surface area contributed by atoms with E-state index in [2.05, 4.69) is 15.6 Å². The minimum absolute atomic E-state index is 0.103. The van der Waals surface area contributed by atoms with Gasteiger partial charge >= 0.3 is 0 Å². The quantitative estimate of drug-likeness (QED) is 0.700. The summed E-state index contributed by atoms with van der Waals surface area (Å²) in [5.74, 6) is -0.103. The normalized spacial score (nSPS) is 9.65. The number of nitriles is 1. The summed E-state index contributed by atoms with van der Waals surface area (Å²) < 4.78 is 0. The first kappa shape index (κ1) is 13.1. The van der Waals surface area contributed by atoms with Gasteiger partial charge in [0.2, 0.25) is 5.91 Å². The van der Waals surface area contributed by atoms with Crippen LogP contribution in [0.25, 0.3) is 0 Å². The molecule has 1 rings (SSSR count). The second-order valence-corrected chi connectivity index (χ2v) is 3.63. The zero-order valence-electron chi connectivity index (χ0n) is 9.86. The second kappa shape index (κ2) is 7.36. The molecule has 0 aliphatic carbocycles. The van der Waals surface area contributed by atoms with E-state index < -0.39 is 0 Å². The lowest BCUT2D eigenvalue weighted by atomic mass is 10.2. The molecule has 1 aromatic rings. The molecule has 17 heavy (non-hydrogen) atoms. The highest BCUT2D eigenvalue weighted by molar-refractivity contribution is 5.77. The zero-order chi connectivity index (χ0) is 12.5. The second-order valence-electron chi connectivity index (χ2n) is 3.63. The van der Waals surface area contributed by atoms with E-state index in [0.717, 1.165) is 11.3 Å². The van der Waals surface area contributed by atoms with Crippen molar-refractivity contribution in [2.24, 2.45) is 0 Å². The lowest BCUT2D eigenvalue weighted by Crippen LogP contribution is -2.34. The molecule has 5 nitrogen and oxygen atoms in total. The number of hydrogen-bond donors (Lipinski definition) is 2. The number of hydrogen-bond acceptors (Lipinski definition) is 4. The van der Waals surface area contributed by atoms with Gasteiger partial charge < -0.3 is 10.6 Å². The van der Waals surface area contributed by atoms with Crippen LogP contribution in [0.1, 0.15) is 17.7 Å². The Balaban J connectivity index is 2.22. The van der Waals surface area contributed by atoms with E-state index in [1.807, 2.05) is 25.1 Å². The molecule has 0 aliphatic heterocycles. The van der Waals surface area contributed by atoms with Crippen LogP contribution in [0.2, 0.25) is 0 Å². The van der Waals surface area contributed by atoms with E-state index >= 15 is 0 Å². The van der Waals surface area contributed by atoms with E-state index in [1.54, 1.807) is 6.20 Å². The summed E-state index contributed by atoms with van der Waals surface area (Å²) in [6, 6.07) is 5.83. The summed E-state index contributed by atoms with van der Waals surface area (Å²) in [5, 5.41) is 14.0. The van der Waals surface area contributed by atoms with Gasteiger partial charge in [-0.2, -0.15) is 5.26 Å². The van der Waals surface area contributed by atoms with Crippen LogP contribution in [-0.2, 0) is 11.3 Å². The fourth-order valence-electron chi connectivity index (χ4n) is 1.32. The van der Waals surface area contributed by atoms with Crippen LogP contribution in [0.4, 0.5) is 0 Å². The van der Waals surface area contributed by atoms with Crippen LogP contribution in [0, 0.1) is 18.3 Å². The number of aromatic nitrogens is 1. The van der Waals surface area contributed by atoms with E-state index in [1.165, 1.54) is 0 Å². The third kappa shape index (κ3) is 5.09. The number of nitrogens with zero attached hydrogens (tertiary/aromatic N) is 2. The maximum absolute atomic E-state index is 11.3. The van der Waals surface area contributed by atoms with Crippen molar-refractivity contribution in [2.45, 2.75) is 19.9 Å². The molecule has 0 radical (unpaired) electrons. The summed E-state index contributed by atoms with van der Waals surface area (Å²) in [6.45, 7) is 3.19. The Kier molecular flexibility index (Phi) is 5.69.